The van der Waals surface area contributed by atoms with Crippen LogP contribution < -0.4 is 69.7 Å². The molecule has 0 aliphatic heterocycles. The topological polar surface area (TPSA) is 131 Å². The molecular weight excluding hydrogens is 445 g/mol. The van der Waals surface area contributed by atoms with Crippen molar-refractivity contribution in [1.29, 1.82) is 0 Å². The van der Waals surface area contributed by atoms with Gasteiger partial charge in [0.05, 0.1) is 9.79 Å². The maximum absolute atomic E-state index is 13.7. The Bertz CT molecular complexity index is 990. The fraction of sp³-hybridized carbons (Fsp3) is 0.250. The van der Waals surface area contributed by atoms with E-state index in [9.17, 15) is 30.5 Å². The van der Waals surface area contributed by atoms with E-state index < -0.39 is 37.2 Å². The minimum absolute atomic E-state index is 0. The van der Waals surface area contributed by atoms with Gasteiger partial charge < -0.3 is 13.7 Å². The standard InChI is InChI=1S/C16H19O7PS2.2Na/c1-2-3-10-24(17,13-6-4-8-15(11-13)25(18,19)20)14-7-5-9-16(12-14)26(21,22)23;;/h4-9,11-12H,2-3,10H2,1H3,(H,18,19,20)(H,21,22,23);;/q;2*+1/p-2. The molecule has 0 amide bonds. The van der Waals surface area contributed by atoms with Crippen molar-refractivity contribution >= 4 is 38.0 Å². The third-order valence-corrected chi connectivity index (χ3v) is 8.71. The van der Waals surface area contributed by atoms with Crippen molar-refractivity contribution in [2.24, 2.45) is 0 Å². The summed E-state index contributed by atoms with van der Waals surface area (Å²) in [5, 5.41) is 0.256. The summed E-state index contributed by atoms with van der Waals surface area (Å²) >= 11 is 0. The maximum atomic E-state index is 13.7. The molecule has 0 bridgehead atoms. The zero-order valence-corrected chi connectivity index (χ0v) is 22.4. The van der Waals surface area contributed by atoms with E-state index in [0.29, 0.717) is 12.8 Å². The fourth-order valence-electron chi connectivity index (χ4n) is 2.52. The molecule has 142 valence electrons. The third kappa shape index (κ3) is 7.03. The van der Waals surface area contributed by atoms with Crippen LogP contribution in [0.25, 0.3) is 0 Å². The van der Waals surface area contributed by atoms with Crippen LogP contribution in [0.15, 0.2) is 58.3 Å². The molecule has 2 aromatic rings. The van der Waals surface area contributed by atoms with E-state index in [4.69, 9.17) is 0 Å². The van der Waals surface area contributed by atoms with E-state index in [2.05, 4.69) is 0 Å². The average Bonchev–Trinajstić information content (AvgIpc) is 2.58. The first-order valence-electron chi connectivity index (χ1n) is 7.70. The molecule has 0 N–H and O–H groups in total. The van der Waals surface area contributed by atoms with Gasteiger partial charge in [-0.05, 0) is 30.7 Å². The Labute approximate surface area is 209 Å². The second kappa shape index (κ2) is 11.2. The number of unbranched alkanes of at least 4 members (excludes halogenated alkanes) is 1. The van der Waals surface area contributed by atoms with E-state index >= 15 is 0 Å². The van der Waals surface area contributed by atoms with Gasteiger partial charge in [0.25, 0.3) is 0 Å². The van der Waals surface area contributed by atoms with Crippen LogP contribution >= 0.6 is 7.14 Å². The molecule has 7 nitrogen and oxygen atoms in total. The van der Waals surface area contributed by atoms with Gasteiger partial charge >= 0.3 is 59.1 Å². The molecule has 0 heterocycles. The molecule has 0 aromatic heterocycles. The van der Waals surface area contributed by atoms with E-state index in [1.165, 1.54) is 24.3 Å². The van der Waals surface area contributed by atoms with E-state index in [-0.39, 0.29) is 75.9 Å². The van der Waals surface area contributed by atoms with Gasteiger partial charge in [0.15, 0.2) is 0 Å². The molecule has 0 radical (unpaired) electrons. The average molecular weight is 462 g/mol. The first kappa shape index (κ1) is 28.5. The zero-order chi connectivity index (χ0) is 19.6. The second-order valence-corrected chi connectivity index (χ2v) is 11.4. The second-order valence-electron chi connectivity index (χ2n) is 5.72. The Morgan fingerprint density at radius 1 is 0.821 bits per heavy atom. The van der Waals surface area contributed by atoms with Crippen LogP contribution in [0.5, 0.6) is 0 Å². The summed E-state index contributed by atoms with van der Waals surface area (Å²) in [5.74, 6) is 0. The van der Waals surface area contributed by atoms with Crippen molar-refractivity contribution in [3.05, 3.63) is 48.5 Å². The molecule has 0 unspecified atom stereocenters. The van der Waals surface area contributed by atoms with Gasteiger partial charge in [-0.25, -0.2) is 16.8 Å². The number of benzene rings is 2. The molecule has 0 atom stereocenters. The molecule has 0 fully saturated rings. The molecule has 2 rings (SSSR count). The molecule has 0 aliphatic rings. The fourth-order valence-corrected chi connectivity index (χ4v) is 6.65. The smallest absolute Gasteiger partial charge is 0.744 e. The summed E-state index contributed by atoms with van der Waals surface area (Å²) < 4.78 is 81.4. The number of hydrogen-bond acceptors (Lipinski definition) is 7. The van der Waals surface area contributed by atoms with Gasteiger partial charge in [0, 0.05) is 16.8 Å². The molecule has 0 aliphatic carbocycles. The summed E-state index contributed by atoms with van der Waals surface area (Å²) in [6, 6.07) is 9.81. The minimum atomic E-state index is -4.74. The van der Waals surface area contributed by atoms with Crippen molar-refractivity contribution in [2.75, 3.05) is 6.16 Å². The van der Waals surface area contributed by atoms with Crippen LogP contribution in [0, 0.1) is 0 Å². The van der Waals surface area contributed by atoms with Crippen molar-refractivity contribution in [3.63, 3.8) is 0 Å². The third-order valence-electron chi connectivity index (χ3n) is 3.87. The van der Waals surface area contributed by atoms with Crippen molar-refractivity contribution < 1.29 is 89.6 Å². The van der Waals surface area contributed by atoms with Gasteiger partial charge in [-0.15, -0.1) is 0 Å². The summed E-state index contributed by atoms with van der Waals surface area (Å²) in [5.41, 5.74) is 0. The van der Waals surface area contributed by atoms with E-state index in [1.54, 1.807) is 0 Å². The van der Waals surface area contributed by atoms with Crippen molar-refractivity contribution in [1.82, 2.24) is 0 Å². The summed E-state index contributed by atoms with van der Waals surface area (Å²) in [7, 11) is -12.9. The molecule has 0 saturated carbocycles. The monoisotopic (exact) mass is 462 g/mol. The van der Waals surface area contributed by atoms with Gasteiger partial charge in [-0.3, -0.25) is 0 Å². The Hall–Kier alpha value is 0.490. The summed E-state index contributed by atoms with van der Waals surface area (Å²) in [6.45, 7) is 1.88. The van der Waals surface area contributed by atoms with Crippen LogP contribution in [0.3, 0.4) is 0 Å². The molecule has 2 aromatic carbocycles. The Morgan fingerprint density at radius 3 is 1.54 bits per heavy atom. The summed E-state index contributed by atoms with van der Waals surface area (Å²) in [4.78, 5) is -1.03. The zero-order valence-electron chi connectivity index (χ0n) is 15.9. The first-order valence-corrected chi connectivity index (χ1v) is 12.4. The maximum Gasteiger partial charge on any atom is 1.00 e. The Balaban J connectivity index is 0.00000364. The molecule has 0 saturated heterocycles. The molecule has 0 spiro atoms. The normalized spacial score (nSPS) is 12.0. The van der Waals surface area contributed by atoms with Crippen LogP contribution in [0.1, 0.15) is 19.8 Å². The molecule has 28 heavy (non-hydrogen) atoms. The van der Waals surface area contributed by atoms with Gasteiger partial charge in [0.2, 0.25) is 0 Å². The van der Waals surface area contributed by atoms with Crippen molar-refractivity contribution in [3.8, 4) is 0 Å². The van der Waals surface area contributed by atoms with Crippen LogP contribution in [-0.4, -0.2) is 32.1 Å². The number of hydrogen-bond donors (Lipinski definition) is 0. The predicted octanol–water partition coefficient (Wildman–Crippen LogP) is -4.38. The SMILES string of the molecule is CCCCP(=O)(c1cccc(S(=O)(=O)[O-])c1)c1cccc(S(=O)(=O)[O-])c1.[Na+].[Na+]. The quantitative estimate of drug-likeness (QED) is 0.231. The van der Waals surface area contributed by atoms with Gasteiger partial charge in [-0.1, -0.05) is 37.6 Å². The first-order chi connectivity index (χ1) is 12.0. The van der Waals surface area contributed by atoms with E-state index in [0.717, 1.165) is 24.3 Å². The largest absolute Gasteiger partial charge is 1.00 e. The van der Waals surface area contributed by atoms with Crippen LogP contribution in [0.2, 0.25) is 0 Å². The van der Waals surface area contributed by atoms with Gasteiger partial charge in [-0.2, -0.15) is 0 Å². The summed E-state index contributed by atoms with van der Waals surface area (Å²) in [6.07, 6.45) is 1.37. The Kier molecular flexibility index (Phi) is 11.4. The Morgan fingerprint density at radius 2 is 1.21 bits per heavy atom. The van der Waals surface area contributed by atoms with E-state index in [1.807, 2.05) is 6.92 Å². The molecule has 12 heteroatoms. The minimum Gasteiger partial charge on any atom is -0.744 e. The predicted molar refractivity (Wildman–Crippen MR) is 95.5 cm³/mol. The van der Waals surface area contributed by atoms with Crippen molar-refractivity contribution in [2.45, 2.75) is 29.6 Å². The number of rotatable bonds is 7. The van der Waals surface area contributed by atoms with Gasteiger partial charge in [0.1, 0.15) is 27.4 Å². The molecular formula is C16H17Na2O7PS2. The van der Waals surface area contributed by atoms with Crippen LogP contribution in [0.4, 0.5) is 0 Å². The van der Waals surface area contributed by atoms with Crippen LogP contribution in [-0.2, 0) is 24.8 Å².